The van der Waals surface area contributed by atoms with Crippen LogP contribution in [0.1, 0.15) is 65.7 Å². The van der Waals surface area contributed by atoms with E-state index in [0.717, 1.165) is 38.5 Å². The molecule has 144 valence electrons. The number of Topliss-reactive ketones (excluding diaryl/α,β-unsaturated/α-hetero) is 1. The lowest BCUT2D eigenvalue weighted by Gasteiger charge is -2.41. The van der Waals surface area contributed by atoms with Crippen LogP contribution in [0.4, 0.5) is 0 Å². The summed E-state index contributed by atoms with van der Waals surface area (Å²) in [4.78, 5) is 23.5. The second-order valence-corrected chi connectivity index (χ2v) is 14.1. The fourth-order valence-corrected chi connectivity index (χ4v) is 5.72. The summed E-state index contributed by atoms with van der Waals surface area (Å²) >= 11 is 0. The molecule has 1 N–H and O–H groups in total. The molecule has 1 aliphatic rings. The van der Waals surface area contributed by atoms with Gasteiger partial charge >= 0.3 is 5.97 Å². The number of carbonyl (C=O) groups excluding carboxylic acids is 1. The molecule has 0 aromatic heterocycles. The molecule has 0 bridgehead atoms. The van der Waals surface area contributed by atoms with E-state index in [2.05, 4.69) is 39.2 Å². The molecule has 0 aromatic rings. The van der Waals surface area contributed by atoms with Crippen LogP contribution in [-0.4, -0.2) is 24.9 Å². The Hall–Kier alpha value is -0.903. The Morgan fingerprint density at radius 3 is 2.40 bits per heavy atom. The number of allylic oxidation sites excluding steroid dienone is 1. The van der Waals surface area contributed by atoms with Crippen LogP contribution in [0.5, 0.6) is 0 Å². The average Bonchev–Trinajstić information content (AvgIpc) is 2.47. The molecular formula is C21H38O3Si. The molecule has 3 nitrogen and oxygen atoms in total. The van der Waals surface area contributed by atoms with Gasteiger partial charge in [-0.1, -0.05) is 57.6 Å². The van der Waals surface area contributed by atoms with Gasteiger partial charge in [-0.3, -0.25) is 4.79 Å². The molecule has 4 heteroatoms. The fourth-order valence-electron chi connectivity index (χ4n) is 4.29. The van der Waals surface area contributed by atoms with E-state index in [1.165, 1.54) is 5.57 Å². The number of carbonyl (C=O) groups is 2. The zero-order chi connectivity index (χ0) is 19.2. The number of unbranched alkanes of at least 4 members (excludes halogenated alkanes) is 1. The quantitative estimate of drug-likeness (QED) is 0.531. The third-order valence-electron chi connectivity index (χ3n) is 5.55. The zero-order valence-corrected chi connectivity index (χ0v) is 18.1. The molecule has 25 heavy (non-hydrogen) atoms. The maximum atomic E-state index is 12.0. The van der Waals surface area contributed by atoms with Gasteiger partial charge in [0.15, 0.2) is 0 Å². The molecular weight excluding hydrogens is 328 g/mol. The Labute approximate surface area is 155 Å². The van der Waals surface area contributed by atoms with Crippen molar-refractivity contribution in [3.05, 3.63) is 11.3 Å². The molecule has 1 saturated carbocycles. The number of carboxylic acid groups (broad SMARTS) is 1. The summed E-state index contributed by atoms with van der Waals surface area (Å²) in [6.45, 7) is 13.0. The predicted octanol–water partition coefficient (Wildman–Crippen LogP) is 5.71. The van der Waals surface area contributed by atoms with Crippen molar-refractivity contribution < 1.29 is 14.7 Å². The average molecular weight is 367 g/mol. The minimum atomic E-state index is -1.47. The first-order valence-electron chi connectivity index (χ1n) is 10.0. The van der Waals surface area contributed by atoms with Gasteiger partial charge in [-0.2, -0.15) is 0 Å². The van der Waals surface area contributed by atoms with E-state index in [1.54, 1.807) is 6.92 Å². The highest BCUT2D eigenvalue weighted by molar-refractivity contribution is 6.81. The van der Waals surface area contributed by atoms with Crippen molar-refractivity contribution in [3.63, 3.8) is 0 Å². The Morgan fingerprint density at radius 1 is 1.28 bits per heavy atom. The van der Waals surface area contributed by atoms with Crippen LogP contribution < -0.4 is 0 Å². The van der Waals surface area contributed by atoms with Gasteiger partial charge < -0.3 is 9.90 Å². The van der Waals surface area contributed by atoms with Crippen molar-refractivity contribution in [2.75, 3.05) is 0 Å². The smallest absolute Gasteiger partial charge is 0.307 e. The SMILES string of the molecule is CCCC[C@@H](C(=O)O)[C@@H]1CC[C@@H](C)[C@H](CCC(C)=O)/C1=C\[Si](C)(C)C. The largest absolute Gasteiger partial charge is 0.481 e. The van der Waals surface area contributed by atoms with E-state index in [9.17, 15) is 14.7 Å². The molecule has 0 radical (unpaired) electrons. The Bertz CT molecular complexity index is 490. The first kappa shape index (κ1) is 22.1. The summed E-state index contributed by atoms with van der Waals surface area (Å²) in [6, 6.07) is 0. The molecule has 0 unspecified atom stereocenters. The van der Waals surface area contributed by atoms with E-state index in [1.807, 2.05) is 0 Å². The van der Waals surface area contributed by atoms with Gasteiger partial charge in [0, 0.05) is 6.42 Å². The first-order valence-corrected chi connectivity index (χ1v) is 13.6. The molecule has 0 aliphatic heterocycles. The van der Waals surface area contributed by atoms with Crippen molar-refractivity contribution >= 4 is 19.8 Å². The van der Waals surface area contributed by atoms with Crippen molar-refractivity contribution in [1.82, 2.24) is 0 Å². The third-order valence-corrected chi connectivity index (χ3v) is 6.75. The van der Waals surface area contributed by atoms with Crippen LogP contribution in [0.2, 0.25) is 19.6 Å². The van der Waals surface area contributed by atoms with Crippen molar-refractivity contribution in [1.29, 1.82) is 0 Å². The second-order valence-electron chi connectivity index (χ2n) is 9.11. The highest BCUT2D eigenvalue weighted by Gasteiger charge is 2.39. The summed E-state index contributed by atoms with van der Waals surface area (Å²) in [5, 5.41) is 9.87. The van der Waals surface area contributed by atoms with Crippen LogP contribution in [0, 0.1) is 23.7 Å². The van der Waals surface area contributed by atoms with Gasteiger partial charge in [0.25, 0.3) is 0 Å². The monoisotopic (exact) mass is 366 g/mol. The van der Waals surface area contributed by atoms with Crippen LogP contribution in [0.15, 0.2) is 11.3 Å². The molecule has 0 amide bonds. The number of aliphatic carboxylic acids is 1. The van der Waals surface area contributed by atoms with Crippen molar-refractivity contribution in [2.24, 2.45) is 23.7 Å². The molecule has 0 heterocycles. The van der Waals surface area contributed by atoms with E-state index < -0.39 is 14.0 Å². The maximum Gasteiger partial charge on any atom is 0.307 e. The van der Waals surface area contributed by atoms with Gasteiger partial charge in [-0.05, 0) is 50.4 Å². The number of hydrogen-bond acceptors (Lipinski definition) is 2. The lowest BCUT2D eigenvalue weighted by atomic mass is 9.65. The highest BCUT2D eigenvalue weighted by Crippen LogP contribution is 2.45. The lowest BCUT2D eigenvalue weighted by Crippen LogP contribution is -2.36. The van der Waals surface area contributed by atoms with E-state index in [-0.39, 0.29) is 17.6 Å². The minimum absolute atomic E-state index is 0.156. The van der Waals surface area contributed by atoms with Gasteiger partial charge in [-0.15, -0.1) is 0 Å². The van der Waals surface area contributed by atoms with E-state index in [0.29, 0.717) is 18.3 Å². The normalized spacial score (nSPS) is 27.3. The van der Waals surface area contributed by atoms with E-state index in [4.69, 9.17) is 0 Å². The Kier molecular flexibility index (Phi) is 8.59. The van der Waals surface area contributed by atoms with Crippen LogP contribution in [0.3, 0.4) is 0 Å². The van der Waals surface area contributed by atoms with Gasteiger partial charge in [0.1, 0.15) is 5.78 Å². The Morgan fingerprint density at radius 2 is 1.92 bits per heavy atom. The molecule has 0 saturated heterocycles. The van der Waals surface area contributed by atoms with Gasteiger partial charge in [-0.25, -0.2) is 0 Å². The topological polar surface area (TPSA) is 54.4 Å². The fraction of sp³-hybridized carbons (Fsp3) is 0.810. The van der Waals surface area contributed by atoms with Gasteiger partial charge in [0.05, 0.1) is 14.0 Å². The second kappa shape index (κ2) is 9.70. The molecule has 1 fully saturated rings. The number of rotatable bonds is 9. The zero-order valence-electron chi connectivity index (χ0n) is 17.1. The number of ketones is 1. The van der Waals surface area contributed by atoms with Crippen molar-refractivity contribution in [3.8, 4) is 0 Å². The molecule has 1 rings (SSSR count). The summed E-state index contributed by atoms with van der Waals surface area (Å²) in [6.07, 6.45) is 6.32. The molecule has 1 aliphatic carbocycles. The van der Waals surface area contributed by atoms with Gasteiger partial charge in [0.2, 0.25) is 0 Å². The number of hydrogen-bond donors (Lipinski definition) is 1. The third kappa shape index (κ3) is 7.08. The first-order chi connectivity index (χ1) is 11.6. The van der Waals surface area contributed by atoms with Crippen LogP contribution >= 0.6 is 0 Å². The highest BCUT2D eigenvalue weighted by atomic mass is 28.3. The Balaban J connectivity index is 3.21. The molecule has 0 spiro atoms. The molecule has 4 atom stereocenters. The lowest BCUT2D eigenvalue weighted by molar-refractivity contribution is -0.144. The standard InChI is InChI=1S/C21H38O3Si/c1-7-8-9-19(21(23)24)18-12-10-15(2)17(13-11-16(3)22)20(18)14-25(4,5)6/h14-15,17-19H,7-13H2,1-6H3,(H,23,24)/b20-14+/t15-,17+,18+,19-/m1/s1. The number of carboxylic acids is 1. The molecule has 0 aromatic carbocycles. The van der Waals surface area contributed by atoms with E-state index >= 15 is 0 Å². The summed E-state index contributed by atoms with van der Waals surface area (Å²) in [5.41, 5.74) is 3.84. The van der Waals surface area contributed by atoms with Crippen molar-refractivity contribution in [2.45, 2.75) is 85.4 Å². The predicted molar refractivity (Wildman–Crippen MR) is 107 cm³/mol. The van der Waals surface area contributed by atoms with Crippen LogP contribution in [-0.2, 0) is 9.59 Å². The summed E-state index contributed by atoms with van der Waals surface area (Å²) < 4.78 is 0. The summed E-state index contributed by atoms with van der Waals surface area (Å²) in [7, 11) is -1.47. The minimum Gasteiger partial charge on any atom is -0.481 e. The maximum absolute atomic E-state index is 12.0. The van der Waals surface area contributed by atoms with Crippen LogP contribution in [0.25, 0.3) is 0 Å². The summed E-state index contributed by atoms with van der Waals surface area (Å²) in [5.74, 6) is 0.401.